The van der Waals surface area contributed by atoms with Gasteiger partial charge in [-0.15, -0.1) is 0 Å². The van der Waals surface area contributed by atoms with Gasteiger partial charge in [-0.25, -0.2) is 0 Å². The number of nitrogens with zero attached hydrogens (tertiary/aromatic N) is 2. The molecule has 1 heterocycles. The van der Waals surface area contributed by atoms with E-state index >= 15 is 0 Å². The van der Waals surface area contributed by atoms with E-state index in [1.807, 2.05) is 17.9 Å². The largest absolute Gasteiger partial charge is 0.316 e. The summed E-state index contributed by atoms with van der Waals surface area (Å²) in [6.45, 7) is 6.81. The lowest BCUT2D eigenvalue weighted by molar-refractivity contribution is 0.351. The number of aryl methyl sites for hydroxylation is 1. The van der Waals surface area contributed by atoms with Crippen molar-refractivity contribution in [3.63, 3.8) is 0 Å². The molecule has 1 N–H and O–H groups in total. The predicted molar refractivity (Wildman–Crippen MR) is 75.4 cm³/mol. The van der Waals surface area contributed by atoms with Crippen LogP contribution in [0.1, 0.15) is 32.4 Å². The minimum atomic E-state index is 0.727. The average molecular weight is 247 g/mol. The van der Waals surface area contributed by atoms with Crippen molar-refractivity contribution < 1.29 is 0 Å². The first kappa shape index (κ1) is 13.3. The standard InChI is InChI=1S/C15H25N3/c1-12-5-4-6-13(2)15(12)11-16-9-7-14-8-10-17-18(14)3/h5,8,10,13,15-16H,4,6-7,9,11H2,1-3H3. The molecule has 0 aliphatic heterocycles. The van der Waals surface area contributed by atoms with Crippen molar-refractivity contribution in [2.75, 3.05) is 13.1 Å². The number of hydrogen-bond acceptors (Lipinski definition) is 2. The molecule has 2 atom stereocenters. The van der Waals surface area contributed by atoms with Crippen LogP contribution >= 0.6 is 0 Å². The van der Waals surface area contributed by atoms with Crippen molar-refractivity contribution in [3.05, 3.63) is 29.6 Å². The summed E-state index contributed by atoms with van der Waals surface area (Å²) < 4.78 is 1.95. The third-order valence-corrected chi connectivity index (χ3v) is 4.20. The third kappa shape index (κ3) is 3.22. The highest BCUT2D eigenvalue weighted by atomic mass is 15.3. The molecule has 2 rings (SSSR count). The van der Waals surface area contributed by atoms with E-state index in [-0.39, 0.29) is 0 Å². The van der Waals surface area contributed by atoms with Gasteiger partial charge in [-0.05, 0) is 37.7 Å². The normalized spacial score (nSPS) is 24.1. The van der Waals surface area contributed by atoms with Gasteiger partial charge in [-0.2, -0.15) is 5.10 Å². The monoisotopic (exact) mass is 247 g/mol. The SMILES string of the molecule is CC1=CCCC(C)C1CNCCc1ccnn1C. The summed E-state index contributed by atoms with van der Waals surface area (Å²) in [6.07, 6.45) is 7.93. The molecular weight excluding hydrogens is 222 g/mol. The Morgan fingerprint density at radius 2 is 2.33 bits per heavy atom. The zero-order valence-corrected chi connectivity index (χ0v) is 11.8. The van der Waals surface area contributed by atoms with Crippen LogP contribution in [0.15, 0.2) is 23.9 Å². The highest BCUT2D eigenvalue weighted by Gasteiger charge is 2.21. The van der Waals surface area contributed by atoms with Crippen LogP contribution in [0.4, 0.5) is 0 Å². The van der Waals surface area contributed by atoms with Gasteiger partial charge in [0.25, 0.3) is 0 Å². The first-order chi connectivity index (χ1) is 8.68. The smallest absolute Gasteiger partial charge is 0.0492 e. The Bertz CT molecular complexity index is 406. The quantitative estimate of drug-likeness (QED) is 0.640. The molecule has 0 saturated carbocycles. The Morgan fingerprint density at radius 1 is 1.50 bits per heavy atom. The number of allylic oxidation sites excluding steroid dienone is 1. The molecule has 1 aliphatic carbocycles. The summed E-state index contributed by atoms with van der Waals surface area (Å²) in [5.41, 5.74) is 2.87. The average Bonchev–Trinajstić information content (AvgIpc) is 2.73. The van der Waals surface area contributed by atoms with Crippen molar-refractivity contribution in [2.24, 2.45) is 18.9 Å². The van der Waals surface area contributed by atoms with E-state index in [1.54, 1.807) is 5.57 Å². The van der Waals surface area contributed by atoms with Crippen LogP contribution in [0.2, 0.25) is 0 Å². The fourth-order valence-electron chi connectivity index (χ4n) is 2.86. The predicted octanol–water partition coefficient (Wildman–Crippen LogP) is 2.54. The first-order valence-corrected chi connectivity index (χ1v) is 7.02. The summed E-state index contributed by atoms with van der Waals surface area (Å²) in [6, 6.07) is 2.09. The zero-order valence-electron chi connectivity index (χ0n) is 11.8. The van der Waals surface area contributed by atoms with Gasteiger partial charge in [-0.1, -0.05) is 18.6 Å². The van der Waals surface area contributed by atoms with Crippen LogP contribution in [0, 0.1) is 11.8 Å². The van der Waals surface area contributed by atoms with E-state index in [0.717, 1.165) is 31.3 Å². The van der Waals surface area contributed by atoms with Gasteiger partial charge in [0.05, 0.1) is 0 Å². The molecule has 3 heteroatoms. The molecule has 0 radical (unpaired) electrons. The van der Waals surface area contributed by atoms with Crippen LogP contribution in [0.25, 0.3) is 0 Å². The number of aromatic nitrogens is 2. The van der Waals surface area contributed by atoms with E-state index in [4.69, 9.17) is 0 Å². The molecule has 2 unspecified atom stereocenters. The number of nitrogens with one attached hydrogen (secondary N) is 1. The topological polar surface area (TPSA) is 29.9 Å². The molecule has 1 aliphatic rings. The lowest BCUT2D eigenvalue weighted by atomic mass is 9.80. The molecule has 0 saturated heterocycles. The van der Waals surface area contributed by atoms with Gasteiger partial charge in [0.2, 0.25) is 0 Å². The van der Waals surface area contributed by atoms with Gasteiger partial charge < -0.3 is 5.32 Å². The first-order valence-electron chi connectivity index (χ1n) is 7.02. The van der Waals surface area contributed by atoms with Crippen LogP contribution in [-0.2, 0) is 13.5 Å². The zero-order chi connectivity index (χ0) is 13.0. The Morgan fingerprint density at radius 3 is 3.00 bits per heavy atom. The van der Waals surface area contributed by atoms with Gasteiger partial charge in [0, 0.05) is 38.4 Å². The Labute approximate surface area is 110 Å². The van der Waals surface area contributed by atoms with E-state index in [2.05, 4.69) is 36.4 Å². The van der Waals surface area contributed by atoms with Crippen LogP contribution in [0.3, 0.4) is 0 Å². The van der Waals surface area contributed by atoms with Gasteiger partial charge in [0.1, 0.15) is 0 Å². The molecule has 0 aromatic carbocycles. The van der Waals surface area contributed by atoms with E-state index in [9.17, 15) is 0 Å². The summed E-state index contributed by atoms with van der Waals surface area (Å²) >= 11 is 0. The van der Waals surface area contributed by atoms with E-state index in [0.29, 0.717) is 0 Å². The lowest BCUT2D eigenvalue weighted by Crippen LogP contribution is -2.31. The second-order valence-electron chi connectivity index (χ2n) is 5.51. The third-order valence-electron chi connectivity index (χ3n) is 4.20. The summed E-state index contributed by atoms with van der Waals surface area (Å²) in [5.74, 6) is 1.55. The molecule has 18 heavy (non-hydrogen) atoms. The van der Waals surface area contributed by atoms with Crippen molar-refractivity contribution in [3.8, 4) is 0 Å². The maximum atomic E-state index is 4.19. The summed E-state index contributed by atoms with van der Waals surface area (Å²) in [4.78, 5) is 0. The number of hydrogen-bond donors (Lipinski definition) is 1. The Kier molecular flexibility index (Phi) is 4.59. The lowest BCUT2D eigenvalue weighted by Gasteiger charge is -2.29. The molecule has 0 bridgehead atoms. The maximum absolute atomic E-state index is 4.19. The minimum absolute atomic E-state index is 0.727. The van der Waals surface area contributed by atoms with Gasteiger partial charge in [0.15, 0.2) is 0 Å². The second-order valence-corrected chi connectivity index (χ2v) is 5.51. The fraction of sp³-hybridized carbons (Fsp3) is 0.667. The van der Waals surface area contributed by atoms with Crippen molar-refractivity contribution in [2.45, 2.75) is 33.1 Å². The molecule has 1 aromatic rings. The molecule has 0 spiro atoms. The molecule has 0 amide bonds. The van der Waals surface area contributed by atoms with Crippen LogP contribution < -0.4 is 5.32 Å². The maximum Gasteiger partial charge on any atom is 0.0492 e. The Balaban J connectivity index is 1.74. The van der Waals surface area contributed by atoms with Crippen molar-refractivity contribution in [1.82, 2.24) is 15.1 Å². The van der Waals surface area contributed by atoms with Crippen molar-refractivity contribution in [1.29, 1.82) is 0 Å². The highest BCUT2D eigenvalue weighted by molar-refractivity contribution is 5.09. The molecular formula is C15H25N3. The second kappa shape index (κ2) is 6.19. The molecule has 3 nitrogen and oxygen atoms in total. The van der Waals surface area contributed by atoms with E-state index < -0.39 is 0 Å². The summed E-state index contributed by atoms with van der Waals surface area (Å²) in [7, 11) is 2.01. The molecule has 1 aromatic heterocycles. The Hall–Kier alpha value is -1.09. The minimum Gasteiger partial charge on any atom is -0.316 e. The fourth-order valence-corrected chi connectivity index (χ4v) is 2.86. The number of rotatable bonds is 5. The highest BCUT2D eigenvalue weighted by Crippen LogP contribution is 2.29. The van der Waals surface area contributed by atoms with Crippen molar-refractivity contribution >= 4 is 0 Å². The van der Waals surface area contributed by atoms with Crippen LogP contribution in [-0.4, -0.2) is 22.9 Å². The summed E-state index contributed by atoms with van der Waals surface area (Å²) in [5, 5.41) is 7.79. The van der Waals surface area contributed by atoms with Crippen LogP contribution in [0.5, 0.6) is 0 Å². The molecule has 0 fully saturated rings. The molecule has 100 valence electrons. The van der Waals surface area contributed by atoms with Gasteiger partial charge >= 0.3 is 0 Å². The van der Waals surface area contributed by atoms with Gasteiger partial charge in [-0.3, -0.25) is 4.68 Å². The van der Waals surface area contributed by atoms with E-state index in [1.165, 1.54) is 18.5 Å².